The summed E-state index contributed by atoms with van der Waals surface area (Å²) < 4.78 is 39.8. The number of halogens is 4. The van der Waals surface area contributed by atoms with Gasteiger partial charge in [-0.05, 0) is 18.2 Å². The van der Waals surface area contributed by atoms with Crippen molar-refractivity contribution in [1.29, 1.82) is 0 Å². The predicted octanol–water partition coefficient (Wildman–Crippen LogP) is 2.31. The van der Waals surface area contributed by atoms with Crippen LogP contribution in [0.3, 0.4) is 0 Å². The maximum absolute atomic E-state index is 12.9. The van der Waals surface area contributed by atoms with Crippen LogP contribution in [0.4, 0.5) is 24.5 Å². The molecular weight excluding hydrogens is 447 g/mol. The summed E-state index contributed by atoms with van der Waals surface area (Å²) in [5, 5.41) is 12.8. The molecule has 0 bridgehead atoms. The SMILES string of the molecule is Cn1c(=O)n(CC(=O)Nc2cc([N+](=O)[O-])ccc2Cl)c(=O)c2ccc(C(F)(F)F)nc21. The normalized spacial score (nSPS) is 11.5. The number of anilines is 1. The molecule has 14 heteroatoms. The van der Waals surface area contributed by atoms with E-state index < -0.39 is 46.1 Å². The van der Waals surface area contributed by atoms with Crippen LogP contribution in [0.25, 0.3) is 11.0 Å². The standard InChI is InChI=1S/C17H11ClF3N5O5/c1-24-14-9(3-5-12(23-14)17(19,20)21)15(28)25(16(24)29)7-13(27)22-11-6-8(26(30)31)2-4-10(11)18/h2-6H,7H2,1H3,(H,22,27). The molecule has 0 aliphatic heterocycles. The number of nitro groups is 1. The zero-order chi connectivity index (χ0) is 23.1. The average Bonchev–Trinajstić information content (AvgIpc) is 2.70. The van der Waals surface area contributed by atoms with Crippen molar-refractivity contribution in [3.8, 4) is 0 Å². The maximum Gasteiger partial charge on any atom is 0.433 e. The number of rotatable bonds is 4. The molecule has 31 heavy (non-hydrogen) atoms. The summed E-state index contributed by atoms with van der Waals surface area (Å²) in [5.74, 6) is -0.916. The molecule has 0 atom stereocenters. The number of carbonyl (C=O) groups excluding carboxylic acids is 1. The highest BCUT2D eigenvalue weighted by molar-refractivity contribution is 6.33. The Labute approximate surface area is 174 Å². The molecule has 0 spiro atoms. The topological polar surface area (TPSA) is 129 Å². The maximum atomic E-state index is 12.9. The van der Waals surface area contributed by atoms with E-state index in [2.05, 4.69) is 10.3 Å². The molecule has 2 aromatic heterocycles. The van der Waals surface area contributed by atoms with Crippen molar-refractivity contribution in [2.24, 2.45) is 7.05 Å². The minimum absolute atomic E-state index is 0.0263. The van der Waals surface area contributed by atoms with E-state index in [4.69, 9.17) is 11.6 Å². The van der Waals surface area contributed by atoms with E-state index in [0.717, 1.165) is 25.2 Å². The molecule has 0 saturated carbocycles. The van der Waals surface area contributed by atoms with E-state index in [1.165, 1.54) is 6.07 Å². The largest absolute Gasteiger partial charge is 0.433 e. The smallest absolute Gasteiger partial charge is 0.323 e. The Balaban J connectivity index is 2.00. The fourth-order valence-electron chi connectivity index (χ4n) is 2.73. The zero-order valence-electron chi connectivity index (χ0n) is 15.4. The van der Waals surface area contributed by atoms with Crippen LogP contribution >= 0.6 is 11.6 Å². The summed E-state index contributed by atoms with van der Waals surface area (Å²) in [6.45, 7) is -0.818. The minimum Gasteiger partial charge on any atom is -0.323 e. The molecule has 162 valence electrons. The Morgan fingerprint density at radius 1 is 1.26 bits per heavy atom. The number of fused-ring (bicyclic) bond motifs is 1. The minimum atomic E-state index is -4.78. The molecule has 3 aromatic rings. The van der Waals surface area contributed by atoms with Gasteiger partial charge in [0.15, 0.2) is 0 Å². The summed E-state index contributed by atoms with van der Waals surface area (Å²) >= 11 is 5.89. The number of benzene rings is 1. The lowest BCUT2D eigenvalue weighted by molar-refractivity contribution is -0.384. The first-order chi connectivity index (χ1) is 14.4. The van der Waals surface area contributed by atoms with Gasteiger partial charge in [0.2, 0.25) is 5.91 Å². The number of nitro benzene ring substituents is 1. The molecule has 1 aromatic carbocycles. The number of hydrogen-bond acceptors (Lipinski definition) is 6. The van der Waals surface area contributed by atoms with Gasteiger partial charge in [-0.1, -0.05) is 11.6 Å². The summed E-state index contributed by atoms with van der Waals surface area (Å²) in [6.07, 6.45) is -4.78. The van der Waals surface area contributed by atoms with Crippen LogP contribution in [-0.2, 0) is 24.6 Å². The first-order valence-electron chi connectivity index (χ1n) is 8.31. The quantitative estimate of drug-likeness (QED) is 0.473. The van der Waals surface area contributed by atoms with Crippen molar-refractivity contribution in [2.45, 2.75) is 12.7 Å². The van der Waals surface area contributed by atoms with E-state index in [1.54, 1.807) is 0 Å². The van der Waals surface area contributed by atoms with Crippen LogP contribution in [0, 0.1) is 10.1 Å². The average molecular weight is 458 g/mol. The van der Waals surface area contributed by atoms with E-state index in [-0.39, 0.29) is 21.8 Å². The monoisotopic (exact) mass is 457 g/mol. The molecule has 0 radical (unpaired) electrons. The van der Waals surface area contributed by atoms with Gasteiger partial charge in [-0.15, -0.1) is 0 Å². The van der Waals surface area contributed by atoms with E-state index in [1.807, 2.05) is 0 Å². The van der Waals surface area contributed by atoms with Crippen molar-refractivity contribution >= 4 is 39.9 Å². The molecule has 0 unspecified atom stereocenters. The zero-order valence-corrected chi connectivity index (χ0v) is 16.2. The first-order valence-corrected chi connectivity index (χ1v) is 8.69. The molecule has 1 amide bonds. The fraction of sp³-hybridized carbons (Fsp3) is 0.176. The first kappa shape index (κ1) is 22.0. The molecule has 0 aliphatic rings. The van der Waals surface area contributed by atoms with Crippen LogP contribution < -0.4 is 16.6 Å². The van der Waals surface area contributed by atoms with Gasteiger partial charge in [0, 0.05) is 19.2 Å². The van der Waals surface area contributed by atoms with Crippen LogP contribution in [-0.4, -0.2) is 24.9 Å². The van der Waals surface area contributed by atoms with E-state index >= 15 is 0 Å². The number of alkyl halides is 3. The lowest BCUT2D eigenvalue weighted by Gasteiger charge is -2.12. The summed E-state index contributed by atoms with van der Waals surface area (Å²) in [7, 11) is 1.10. The Hall–Kier alpha value is -3.74. The third kappa shape index (κ3) is 4.26. The van der Waals surface area contributed by atoms with Gasteiger partial charge in [-0.2, -0.15) is 13.2 Å². The van der Waals surface area contributed by atoms with Crippen LogP contribution in [0.1, 0.15) is 5.69 Å². The number of nitrogens with zero attached hydrogens (tertiary/aromatic N) is 4. The molecule has 1 N–H and O–H groups in total. The number of aryl methyl sites for hydroxylation is 1. The second-order valence-corrected chi connectivity index (χ2v) is 6.67. The highest BCUT2D eigenvalue weighted by Crippen LogP contribution is 2.28. The fourth-order valence-corrected chi connectivity index (χ4v) is 2.89. The van der Waals surface area contributed by atoms with Crippen molar-refractivity contribution in [3.05, 3.63) is 72.0 Å². The summed E-state index contributed by atoms with van der Waals surface area (Å²) in [6, 6.07) is 4.73. The highest BCUT2D eigenvalue weighted by atomic mass is 35.5. The van der Waals surface area contributed by atoms with E-state index in [0.29, 0.717) is 15.2 Å². The molecular formula is C17H11ClF3N5O5. The molecule has 0 saturated heterocycles. The third-order valence-electron chi connectivity index (χ3n) is 4.21. The number of non-ortho nitro benzene ring substituents is 1. The number of carbonyl (C=O) groups is 1. The Morgan fingerprint density at radius 2 is 1.94 bits per heavy atom. The predicted molar refractivity (Wildman–Crippen MR) is 103 cm³/mol. The number of nitrogens with one attached hydrogen (secondary N) is 1. The Morgan fingerprint density at radius 3 is 2.55 bits per heavy atom. The molecule has 2 heterocycles. The number of pyridine rings is 1. The van der Waals surface area contributed by atoms with Gasteiger partial charge >= 0.3 is 11.9 Å². The third-order valence-corrected chi connectivity index (χ3v) is 4.54. The molecule has 10 nitrogen and oxygen atoms in total. The molecule has 0 fully saturated rings. The van der Waals surface area contributed by atoms with Gasteiger partial charge in [-0.3, -0.25) is 28.8 Å². The number of aromatic nitrogens is 3. The second-order valence-electron chi connectivity index (χ2n) is 6.27. The van der Waals surface area contributed by atoms with Crippen molar-refractivity contribution in [2.75, 3.05) is 5.32 Å². The van der Waals surface area contributed by atoms with Gasteiger partial charge in [-0.25, -0.2) is 9.78 Å². The summed E-state index contributed by atoms with van der Waals surface area (Å²) in [5.41, 5.74) is -4.37. The van der Waals surface area contributed by atoms with Gasteiger partial charge < -0.3 is 5.32 Å². The van der Waals surface area contributed by atoms with Crippen molar-refractivity contribution < 1.29 is 22.9 Å². The number of amides is 1. The van der Waals surface area contributed by atoms with Crippen LogP contribution in [0.5, 0.6) is 0 Å². The number of hydrogen-bond donors (Lipinski definition) is 1. The highest BCUT2D eigenvalue weighted by Gasteiger charge is 2.33. The molecule has 3 rings (SSSR count). The Kier molecular flexibility index (Phi) is 5.55. The van der Waals surface area contributed by atoms with Gasteiger partial charge in [0.1, 0.15) is 17.9 Å². The Bertz CT molecular complexity index is 1350. The second kappa shape index (κ2) is 7.83. The summed E-state index contributed by atoms with van der Waals surface area (Å²) in [4.78, 5) is 50.9. The van der Waals surface area contributed by atoms with Crippen molar-refractivity contribution in [1.82, 2.24) is 14.1 Å². The van der Waals surface area contributed by atoms with E-state index in [9.17, 15) is 37.7 Å². The molecule has 0 aliphatic carbocycles. The lowest BCUT2D eigenvalue weighted by atomic mass is 10.2. The van der Waals surface area contributed by atoms with Crippen LogP contribution in [0.2, 0.25) is 5.02 Å². The van der Waals surface area contributed by atoms with Gasteiger partial charge in [0.25, 0.3) is 11.2 Å². The van der Waals surface area contributed by atoms with Crippen LogP contribution in [0.15, 0.2) is 39.9 Å². The van der Waals surface area contributed by atoms with Gasteiger partial charge in [0.05, 0.1) is 21.0 Å². The lowest BCUT2D eigenvalue weighted by Crippen LogP contribution is -2.42. The van der Waals surface area contributed by atoms with Crippen molar-refractivity contribution in [3.63, 3.8) is 0 Å².